The van der Waals surface area contributed by atoms with Crippen molar-refractivity contribution in [2.24, 2.45) is 0 Å². The van der Waals surface area contributed by atoms with Crippen molar-refractivity contribution in [2.75, 3.05) is 0 Å². The molecule has 1 atom stereocenters. The number of Topliss-reactive ketones (excluding diaryl/α,β-unsaturated/α-hetero) is 1. The number of aryl methyl sites for hydroxylation is 1. The van der Waals surface area contributed by atoms with Crippen molar-refractivity contribution < 1.29 is 14.0 Å². The summed E-state index contributed by atoms with van der Waals surface area (Å²) in [4.78, 5) is 26.0. The zero-order valence-corrected chi connectivity index (χ0v) is 20.2. The van der Waals surface area contributed by atoms with E-state index in [1.165, 1.54) is 23.2 Å². The van der Waals surface area contributed by atoms with Crippen LogP contribution in [0.4, 0.5) is 4.39 Å². The maximum Gasteiger partial charge on any atom is 0.244 e. The molecule has 0 fully saturated rings. The van der Waals surface area contributed by atoms with E-state index < -0.39 is 11.9 Å². The van der Waals surface area contributed by atoms with Gasteiger partial charge in [0.05, 0.1) is 11.7 Å². The third-order valence-electron chi connectivity index (χ3n) is 5.60. The number of benzene rings is 3. The van der Waals surface area contributed by atoms with Crippen LogP contribution < -0.4 is 5.32 Å². The van der Waals surface area contributed by atoms with Gasteiger partial charge in [0, 0.05) is 23.1 Å². The van der Waals surface area contributed by atoms with E-state index in [4.69, 9.17) is 11.6 Å². The van der Waals surface area contributed by atoms with Crippen molar-refractivity contribution >= 4 is 29.4 Å². The van der Waals surface area contributed by atoms with Gasteiger partial charge in [-0.3, -0.25) is 9.59 Å². The number of carbonyl (C=O) groups is 2. The quantitative estimate of drug-likeness (QED) is 0.344. The summed E-state index contributed by atoms with van der Waals surface area (Å²) in [6.45, 7) is 1.66. The van der Waals surface area contributed by atoms with Crippen LogP contribution in [-0.4, -0.2) is 37.9 Å². The molecule has 0 aliphatic heterocycles. The summed E-state index contributed by atoms with van der Waals surface area (Å²) in [6.07, 6.45) is 4.65. The number of rotatable bonds is 9. The molecule has 3 aromatic carbocycles. The molecule has 0 radical (unpaired) electrons. The Labute approximate surface area is 212 Å². The topological polar surface area (TPSA) is 89.8 Å². The largest absolute Gasteiger partial charge is 0.342 e. The van der Waals surface area contributed by atoms with Gasteiger partial charge < -0.3 is 5.32 Å². The summed E-state index contributed by atoms with van der Waals surface area (Å²) >= 11 is 6.14. The lowest BCUT2D eigenvalue weighted by Gasteiger charge is -2.17. The highest BCUT2D eigenvalue weighted by molar-refractivity contribution is 6.30. The third kappa shape index (κ3) is 6.49. The number of tetrazole rings is 1. The highest BCUT2D eigenvalue weighted by Gasteiger charge is 2.21. The van der Waals surface area contributed by atoms with Crippen LogP contribution in [0.15, 0.2) is 79.1 Å². The van der Waals surface area contributed by atoms with Gasteiger partial charge in [-0.15, -0.1) is 5.10 Å². The molecule has 36 heavy (non-hydrogen) atoms. The number of ketones is 1. The third-order valence-corrected chi connectivity index (χ3v) is 5.84. The van der Waals surface area contributed by atoms with E-state index in [0.29, 0.717) is 33.8 Å². The summed E-state index contributed by atoms with van der Waals surface area (Å²) in [5, 5.41) is 14.4. The van der Waals surface area contributed by atoms with Gasteiger partial charge in [-0.25, -0.2) is 4.39 Å². The molecule has 1 aromatic heterocycles. The van der Waals surface area contributed by atoms with E-state index in [1.54, 1.807) is 43.3 Å². The van der Waals surface area contributed by atoms with Crippen LogP contribution in [0.2, 0.25) is 5.02 Å². The van der Waals surface area contributed by atoms with Crippen LogP contribution in [0.3, 0.4) is 0 Å². The number of halogens is 2. The van der Waals surface area contributed by atoms with Crippen LogP contribution in [-0.2, 0) is 22.4 Å². The van der Waals surface area contributed by atoms with Crippen LogP contribution in [0, 0.1) is 12.7 Å². The SMILES string of the molecule is Cc1ccc(CC(=O)[C@H](Cc2ccccc2)NC(=O)/C=C/c2cc(Cl)ccc2-n2cnnn2)cc1F. The van der Waals surface area contributed by atoms with Gasteiger partial charge in [-0.2, -0.15) is 4.68 Å². The lowest BCUT2D eigenvalue weighted by molar-refractivity contribution is -0.125. The Bertz CT molecular complexity index is 1390. The summed E-state index contributed by atoms with van der Waals surface area (Å²) in [5.41, 5.74) is 3.20. The number of aromatic nitrogens is 4. The number of carbonyl (C=O) groups excluding carboxylic acids is 2. The summed E-state index contributed by atoms with van der Waals surface area (Å²) in [7, 11) is 0. The molecule has 1 heterocycles. The van der Waals surface area contributed by atoms with E-state index in [-0.39, 0.29) is 18.0 Å². The molecule has 0 aliphatic rings. The molecular formula is C27H23ClFN5O2. The maximum atomic E-state index is 14.0. The molecule has 0 saturated heterocycles. The van der Waals surface area contributed by atoms with Gasteiger partial charge in [-0.05, 0) is 70.8 Å². The van der Waals surface area contributed by atoms with Crippen LogP contribution in [0.25, 0.3) is 11.8 Å². The minimum absolute atomic E-state index is 0.00354. The molecule has 7 nitrogen and oxygen atoms in total. The Morgan fingerprint density at radius 1 is 1.08 bits per heavy atom. The van der Waals surface area contributed by atoms with E-state index in [2.05, 4.69) is 20.8 Å². The van der Waals surface area contributed by atoms with Crippen LogP contribution in [0.1, 0.15) is 22.3 Å². The fourth-order valence-electron chi connectivity index (χ4n) is 3.69. The average Bonchev–Trinajstić information content (AvgIpc) is 3.40. The summed E-state index contributed by atoms with van der Waals surface area (Å²) in [5.74, 6) is -1.05. The van der Waals surface area contributed by atoms with Gasteiger partial charge in [0.15, 0.2) is 5.78 Å². The normalized spacial score (nSPS) is 12.0. The first-order valence-electron chi connectivity index (χ1n) is 11.2. The Balaban J connectivity index is 1.53. The predicted molar refractivity (Wildman–Crippen MR) is 135 cm³/mol. The molecule has 1 amide bonds. The zero-order valence-electron chi connectivity index (χ0n) is 19.4. The molecule has 0 aliphatic carbocycles. The fourth-order valence-corrected chi connectivity index (χ4v) is 3.87. The minimum Gasteiger partial charge on any atom is -0.342 e. The maximum absolute atomic E-state index is 14.0. The molecule has 0 spiro atoms. The van der Waals surface area contributed by atoms with Crippen molar-refractivity contribution in [1.29, 1.82) is 0 Å². The van der Waals surface area contributed by atoms with Crippen molar-refractivity contribution in [3.8, 4) is 5.69 Å². The lowest BCUT2D eigenvalue weighted by atomic mass is 9.97. The van der Waals surface area contributed by atoms with E-state index in [9.17, 15) is 14.0 Å². The lowest BCUT2D eigenvalue weighted by Crippen LogP contribution is -2.42. The van der Waals surface area contributed by atoms with Crippen LogP contribution in [0.5, 0.6) is 0 Å². The Morgan fingerprint density at radius 3 is 2.61 bits per heavy atom. The van der Waals surface area contributed by atoms with Gasteiger partial charge >= 0.3 is 0 Å². The first-order valence-corrected chi connectivity index (χ1v) is 11.6. The van der Waals surface area contributed by atoms with Crippen molar-refractivity contribution in [3.05, 3.63) is 112 Å². The van der Waals surface area contributed by atoms with Gasteiger partial charge in [0.1, 0.15) is 12.1 Å². The minimum atomic E-state index is -0.799. The Kier molecular flexibility index (Phi) is 7.97. The van der Waals surface area contributed by atoms with Crippen molar-refractivity contribution in [3.63, 3.8) is 0 Å². The van der Waals surface area contributed by atoms with Gasteiger partial charge in [-0.1, -0.05) is 54.1 Å². The average molecular weight is 504 g/mol. The zero-order chi connectivity index (χ0) is 25.5. The number of amides is 1. The molecule has 1 N–H and O–H groups in total. The molecule has 4 aromatic rings. The number of nitrogens with one attached hydrogen (secondary N) is 1. The predicted octanol–water partition coefficient (Wildman–Crippen LogP) is 4.32. The first kappa shape index (κ1) is 24.9. The second-order valence-electron chi connectivity index (χ2n) is 8.27. The van der Waals surface area contributed by atoms with E-state index in [1.807, 2.05) is 30.3 Å². The Hall–Kier alpha value is -4.17. The van der Waals surface area contributed by atoms with Gasteiger partial charge in [0.25, 0.3) is 0 Å². The molecule has 4 rings (SSSR count). The standard InChI is InChI=1S/C27H23ClFN5O2/c1-18-7-8-20(13-23(18)29)15-26(35)24(14-19-5-3-2-4-6-19)31-27(36)12-9-21-16-22(28)10-11-25(21)34-17-30-32-33-34/h2-13,16-17,24H,14-15H2,1H3,(H,31,36)/b12-9+/t24-/m0/s1. The van der Waals surface area contributed by atoms with Crippen molar-refractivity contribution in [1.82, 2.24) is 25.5 Å². The molecule has 0 bridgehead atoms. The van der Waals surface area contributed by atoms with E-state index >= 15 is 0 Å². The smallest absolute Gasteiger partial charge is 0.244 e. The summed E-state index contributed by atoms with van der Waals surface area (Å²) < 4.78 is 15.5. The molecule has 182 valence electrons. The monoisotopic (exact) mass is 503 g/mol. The number of nitrogens with zero attached hydrogens (tertiary/aromatic N) is 4. The fraction of sp³-hybridized carbons (Fsp3) is 0.148. The highest BCUT2D eigenvalue weighted by atomic mass is 35.5. The molecule has 0 unspecified atom stereocenters. The molecule has 9 heteroatoms. The molecular weight excluding hydrogens is 481 g/mol. The van der Waals surface area contributed by atoms with Crippen molar-refractivity contribution in [2.45, 2.75) is 25.8 Å². The molecule has 0 saturated carbocycles. The van der Waals surface area contributed by atoms with Gasteiger partial charge in [0.2, 0.25) is 5.91 Å². The first-order chi connectivity index (χ1) is 17.4. The Morgan fingerprint density at radius 2 is 1.89 bits per heavy atom. The highest BCUT2D eigenvalue weighted by Crippen LogP contribution is 2.20. The van der Waals surface area contributed by atoms with Crippen LogP contribution >= 0.6 is 11.6 Å². The number of hydrogen-bond acceptors (Lipinski definition) is 5. The number of hydrogen-bond donors (Lipinski definition) is 1. The second kappa shape index (κ2) is 11.5. The second-order valence-corrected chi connectivity index (χ2v) is 8.70. The summed E-state index contributed by atoms with van der Waals surface area (Å²) in [6, 6.07) is 18.4. The van der Waals surface area contributed by atoms with E-state index in [0.717, 1.165) is 5.56 Å².